The molecule has 1 atom stereocenters. The molecule has 0 aliphatic rings. The largest absolute Gasteiger partial charge is 0.320 e. The van der Waals surface area contributed by atoms with Gasteiger partial charge in [-0.2, -0.15) is 0 Å². The summed E-state index contributed by atoms with van der Waals surface area (Å²) >= 11 is 0. The Balaban J connectivity index is 2.07. The number of rotatable bonds is 2. The van der Waals surface area contributed by atoms with Gasteiger partial charge in [0.2, 0.25) is 0 Å². The molecule has 3 rings (SSSR count). The van der Waals surface area contributed by atoms with Gasteiger partial charge in [-0.05, 0) is 23.8 Å². The summed E-state index contributed by atoms with van der Waals surface area (Å²) in [6.45, 7) is 0. The third-order valence-corrected chi connectivity index (χ3v) is 3.09. The van der Waals surface area contributed by atoms with Gasteiger partial charge in [0.05, 0.1) is 17.1 Å². The highest BCUT2D eigenvalue weighted by Gasteiger charge is 2.13. The summed E-state index contributed by atoms with van der Waals surface area (Å²) in [7, 11) is 0. The number of fused-ring (bicyclic) bond motifs is 1. The molecule has 0 aliphatic heterocycles. The summed E-state index contributed by atoms with van der Waals surface area (Å²) in [5.41, 5.74) is 8.97. The Kier molecular flexibility index (Phi) is 2.93. The maximum atomic E-state index is 13.7. The van der Waals surface area contributed by atoms with E-state index in [0.29, 0.717) is 5.56 Å². The van der Waals surface area contributed by atoms with Crippen LogP contribution in [0, 0.1) is 5.82 Å². The van der Waals surface area contributed by atoms with Crippen molar-refractivity contribution in [1.82, 2.24) is 9.97 Å². The molecule has 2 N–H and O–H groups in total. The van der Waals surface area contributed by atoms with Crippen LogP contribution in [0.2, 0.25) is 0 Å². The first-order valence-corrected chi connectivity index (χ1v) is 5.96. The Hall–Kier alpha value is -2.33. The zero-order valence-electron chi connectivity index (χ0n) is 10.1. The second-order valence-electron chi connectivity index (χ2n) is 4.30. The maximum absolute atomic E-state index is 13.7. The Morgan fingerprint density at radius 2 is 1.68 bits per heavy atom. The van der Waals surface area contributed by atoms with Gasteiger partial charge in [-0.25, -0.2) is 4.39 Å². The molecule has 19 heavy (non-hydrogen) atoms. The summed E-state index contributed by atoms with van der Waals surface area (Å²) in [6.07, 6.45) is 3.26. The number of hydrogen-bond acceptors (Lipinski definition) is 3. The van der Waals surface area contributed by atoms with Crippen molar-refractivity contribution < 1.29 is 4.39 Å². The first-order valence-electron chi connectivity index (χ1n) is 5.96. The van der Waals surface area contributed by atoms with E-state index in [1.54, 1.807) is 30.6 Å². The number of nitrogens with zero attached hydrogens (tertiary/aromatic N) is 2. The topological polar surface area (TPSA) is 51.8 Å². The first-order chi connectivity index (χ1) is 9.25. The molecule has 0 spiro atoms. The Morgan fingerprint density at radius 3 is 2.47 bits per heavy atom. The van der Waals surface area contributed by atoms with Crippen molar-refractivity contribution in [2.75, 3.05) is 0 Å². The van der Waals surface area contributed by atoms with Crippen LogP contribution in [0.1, 0.15) is 17.2 Å². The van der Waals surface area contributed by atoms with Gasteiger partial charge >= 0.3 is 0 Å². The summed E-state index contributed by atoms with van der Waals surface area (Å²) in [5.74, 6) is -0.297. The molecule has 94 valence electrons. The smallest absolute Gasteiger partial charge is 0.128 e. The number of halogens is 1. The van der Waals surface area contributed by atoms with Gasteiger partial charge in [0.15, 0.2) is 0 Å². The van der Waals surface area contributed by atoms with Crippen molar-refractivity contribution in [3.63, 3.8) is 0 Å². The predicted octanol–water partition coefficient (Wildman–Crippen LogP) is 2.82. The molecule has 1 aromatic heterocycles. The molecule has 2 aromatic carbocycles. The predicted molar refractivity (Wildman–Crippen MR) is 72.0 cm³/mol. The Morgan fingerprint density at radius 1 is 0.947 bits per heavy atom. The van der Waals surface area contributed by atoms with E-state index in [1.165, 1.54) is 6.07 Å². The second-order valence-corrected chi connectivity index (χ2v) is 4.30. The number of aromatic nitrogens is 2. The lowest BCUT2D eigenvalue weighted by atomic mass is 9.99. The average Bonchev–Trinajstić information content (AvgIpc) is 2.46. The molecule has 0 aliphatic carbocycles. The van der Waals surface area contributed by atoms with Crippen molar-refractivity contribution in [3.05, 3.63) is 71.8 Å². The Labute approximate surface area is 109 Å². The van der Waals surface area contributed by atoms with E-state index in [0.717, 1.165) is 16.6 Å². The van der Waals surface area contributed by atoms with Gasteiger partial charge in [-0.1, -0.05) is 24.3 Å². The van der Waals surface area contributed by atoms with Crippen LogP contribution in [0.5, 0.6) is 0 Å². The molecule has 1 heterocycles. The van der Waals surface area contributed by atoms with Crippen LogP contribution < -0.4 is 5.73 Å². The van der Waals surface area contributed by atoms with Crippen LogP contribution in [0.4, 0.5) is 4.39 Å². The molecule has 0 radical (unpaired) electrons. The van der Waals surface area contributed by atoms with Gasteiger partial charge in [-0.15, -0.1) is 0 Å². The molecule has 0 fully saturated rings. The minimum absolute atomic E-state index is 0.297. The molecule has 3 nitrogen and oxygen atoms in total. The van der Waals surface area contributed by atoms with E-state index in [-0.39, 0.29) is 5.82 Å². The highest BCUT2D eigenvalue weighted by atomic mass is 19.1. The standard InChI is InChI=1S/C15H12FN3/c16-12-4-2-1-3-11(12)15(17)10-5-6-13-14(9-10)19-8-7-18-13/h1-9,15H,17H2. The number of nitrogens with two attached hydrogens (primary N) is 1. The Bertz CT molecular complexity index is 727. The summed E-state index contributed by atoms with van der Waals surface area (Å²) in [5, 5.41) is 0. The van der Waals surface area contributed by atoms with E-state index in [9.17, 15) is 4.39 Å². The van der Waals surface area contributed by atoms with Gasteiger partial charge in [-0.3, -0.25) is 9.97 Å². The number of benzene rings is 2. The average molecular weight is 253 g/mol. The maximum Gasteiger partial charge on any atom is 0.128 e. The van der Waals surface area contributed by atoms with Gasteiger partial charge in [0, 0.05) is 18.0 Å². The third-order valence-electron chi connectivity index (χ3n) is 3.09. The SMILES string of the molecule is NC(c1ccc2nccnc2c1)c1ccccc1F. The molecular weight excluding hydrogens is 241 g/mol. The summed E-state index contributed by atoms with van der Waals surface area (Å²) in [6, 6.07) is 11.6. The fraction of sp³-hybridized carbons (Fsp3) is 0.0667. The molecular formula is C15H12FN3. The van der Waals surface area contributed by atoms with E-state index < -0.39 is 6.04 Å². The summed E-state index contributed by atoms with van der Waals surface area (Å²) in [4.78, 5) is 8.42. The zero-order chi connectivity index (χ0) is 13.2. The van der Waals surface area contributed by atoms with Gasteiger partial charge in [0.25, 0.3) is 0 Å². The highest BCUT2D eigenvalue weighted by molar-refractivity contribution is 5.74. The van der Waals surface area contributed by atoms with Crippen LogP contribution in [0.3, 0.4) is 0 Å². The van der Waals surface area contributed by atoms with Crippen molar-refractivity contribution in [2.24, 2.45) is 5.73 Å². The molecule has 0 amide bonds. The highest BCUT2D eigenvalue weighted by Crippen LogP contribution is 2.23. The summed E-state index contributed by atoms with van der Waals surface area (Å²) < 4.78 is 13.7. The monoisotopic (exact) mass is 253 g/mol. The molecule has 0 saturated heterocycles. The lowest BCUT2D eigenvalue weighted by molar-refractivity contribution is 0.600. The van der Waals surface area contributed by atoms with E-state index in [4.69, 9.17) is 5.73 Å². The minimum Gasteiger partial charge on any atom is -0.320 e. The van der Waals surface area contributed by atoms with Crippen molar-refractivity contribution in [1.29, 1.82) is 0 Å². The third kappa shape index (κ3) is 2.18. The molecule has 0 bridgehead atoms. The van der Waals surface area contributed by atoms with Crippen LogP contribution >= 0.6 is 0 Å². The lowest BCUT2D eigenvalue weighted by Gasteiger charge is -2.13. The molecule has 3 aromatic rings. The van der Waals surface area contributed by atoms with E-state index in [2.05, 4.69) is 9.97 Å². The van der Waals surface area contributed by atoms with Crippen molar-refractivity contribution in [2.45, 2.75) is 6.04 Å². The normalized spacial score (nSPS) is 12.5. The van der Waals surface area contributed by atoms with Crippen LogP contribution in [-0.2, 0) is 0 Å². The van der Waals surface area contributed by atoms with E-state index in [1.807, 2.05) is 18.2 Å². The second kappa shape index (κ2) is 4.74. The first kappa shape index (κ1) is 11.7. The molecule has 4 heteroatoms. The van der Waals surface area contributed by atoms with Gasteiger partial charge in [0.1, 0.15) is 5.82 Å². The van der Waals surface area contributed by atoms with Gasteiger partial charge < -0.3 is 5.73 Å². The molecule has 0 saturated carbocycles. The quantitative estimate of drug-likeness (QED) is 0.764. The zero-order valence-corrected chi connectivity index (χ0v) is 10.1. The fourth-order valence-corrected chi connectivity index (χ4v) is 2.08. The van der Waals surface area contributed by atoms with E-state index >= 15 is 0 Å². The minimum atomic E-state index is -0.507. The van der Waals surface area contributed by atoms with Crippen molar-refractivity contribution >= 4 is 11.0 Å². The molecule has 1 unspecified atom stereocenters. The number of hydrogen-bond donors (Lipinski definition) is 1. The fourth-order valence-electron chi connectivity index (χ4n) is 2.08. The lowest BCUT2D eigenvalue weighted by Crippen LogP contribution is -2.13. The van der Waals surface area contributed by atoms with Crippen LogP contribution in [0.25, 0.3) is 11.0 Å². The van der Waals surface area contributed by atoms with Crippen molar-refractivity contribution in [3.8, 4) is 0 Å². The van der Waals surface area contributed by atoms with Crippen LogP contribution in [-0.4, -0.2) is 9.97 Å². The van der Waals surface area contributed by atoms with Crippen LogP contribution in [0.15, 0.2) is 54.9 Å².